The maximum absolute atomic E-state index is 13.4. The van der Waals surface area contributed by atoms with Gasteiger partial charge in [0.1, 0.15) is 18.2 Å². The van der Waals surface area contributed by atoms with Gasteiger partial charge in [-0.25, -0.2) is 4.39 Å². The zero-order valence-corrected chi connectivity index (χ0v) is 22.4. The first-order valence-corrected chi connectivity index (χ1v) is 13.1. The zero-order chi connectivity index (χ0) is 27.4. The van der Waals surface area contributed by atoms with E-state index in [1.165, 1.54) is 24.3 Å². The number of hydrogen-bond acceptors (Lipinski definition) is 5. The van der Waals surface area contributed by atoms with Crippen molar-refractivity contribution in [2.75, 3.05) is 39.2 Å². The molecular formula is C29H36FN3O5. The lowest BCUT2D eigenvalue weighted by molar-refractivity contribution is -0.135. The minimum Gasteiger partial charge on any atom is -0.491 e. The molecule has 0 unspecified atom stereocenters. The molecule has 0 aromatic heterocycles. The third-order valence-corrected chi connectivity index (χ3v) is 7.29. The summed E-state index contributed by atoms with van der Waals surface area (Å²) in [6, 6.07) is 9.85. The van der Waals surface area contributed by atoms with Crippen LogP contribution < -0.4 is 10.1 Å². The molecule has 2 aromatic rings. The molecule has 1 aliphatic carbocycles. The summed E-state index contributed by atoms with van der Waals surface area (Å²) in [7, 11) is 3.33. The highest BCUT2D eigenvalue weighted by Crippen LogP contribution is 2.33. The first kappa shape index (κ1) is 27.6. The van der Waals surface area contributed by atoms with Gasteiger partial charge in [-0.1, -0.05) is 6.92 Å². The number of likely N-dealkylation sites (N-methyl/N-ethyl adjacent to an activating group) is 1. The molecule has 8 nitrogen and oxygen atoms in total. The fourth-order valence-electron chi connectivity index (χ4n) is 4.69. The van der Waals surface area contributed by atoms with E-state index in [0.29, 0.717) is 48.0 Å². The van der Waals surface area contributed by atoms with Gasteiger partial charge in [-0.15, -0.1) is 0 Å². The molecule has 0 saturated heterocycles. The molecule has 0 bridgehead atoms. The van der Waals surface area contributed by atoms with Crippen LogP contribution in [0.2, 0.25) is 0 Å². The summed E-state index contributed by atoms with van der Waals surface area (Å²) in [4.78, 5) is 42.7. The number of rotatable bonds is 5. The van der Waals surface area contributed by atoms with E-state index in [2.05, 4.69) is 5.32 Å². The van der Waals surface area contributed by atoms with Crippen molar-refractivity contribution in [1.29, 1.82) is 0 Å². The van der Waals surface area contributed by atoms with Gasteiger partial charge in [-0.05, 0) is 62.1 Å². The molecule has 204 valence electrons. The van der Waals surface area contributed by atoms with Gasteiger partial charge in [0.05, 0.1) is 17.7 Å². The van der Waals surface area contributed by atoms with Crippen molar-refractivity contribution >= 4 is 23.4 Å². The SMILES string of the molecule is CO[C@H]1CN(C)C(=O)c2ccc(NC(=O)c3ccc(F)cc3)cc2OC[C@@H](C)N(C(=O)CC2CC2)C[C@@H]1C. The van der Waals surface area contributed by atoms with Crippen LogP contribution in [0.25, 0.3) is 0 Å². The van der Waals surface area contributed by atoms with Gasteiger partial charge in [0.15, 0.2) is 0 Å². The Morgan fingerprint density at radius 1 is 1.11 bits per heavy atom. The van der Waals surface area contributed by atoms with Crippen LogP contribution in [0.1, 0.15) is 53.8 Å². The number of carbonyl (C=O) groups is 3. The maximum atomic E-state index is 13.4. The highest BCUT2D eigenvalue weighted by molar-refractivity contribution is 6.05. The molecule has 3 amide bonds. The van der Waals surface area contributed by atoms with Crippen LogP contribution in [0.3, 0.4) is 0 Å². The second-order valence-corrected chi connectivity index (χ2v) is 10.5. The number of benzene rings is 2. The number of hydrogen-bond donors (Lipinski definition) is 1. The smallest absolute Gasteiger partial charge is 0.257 e. The molecule has 1 N–H and O–H groups in total. The summed E-state index contributed by atoms with van der Waals surface area (Å²) in [6.45, 7) is 5.00. The van der Waals surface area contributed by atoms with E-state index in [1.54, 1.807) is 37.3 Å². The molecule has 3 atom stereocenters. The fourth-order valence-corrected chi connectivity index (χ4v) is 4.69. The summed E-state index contributed by atoms with van der Waals surface area (Å²) in [6.07, 6.45) is 2.45. The molecule has 2 aliphatic rings. The summed E-state index contributed by atoms with van der Waals surface area (Å²) < 4.78 is 25.1. The Hall–Kier alpha value is -3.46. The zero-order valence-electron chi connectivity index (χ0n) is 22.4. The van der Waals surface area contributed by atoms with Gasteiger partial charge < -0.3 is 24.6 Å². The number of anilines is 1. The second kappa shape index (κ2) is 11.9. The summed E-state index contributed by atoms with van der Waals surface area (Å²) in [5, 5.41) is 2.78. The first-order valence-electron chi connectivity index (χ1n) is 13.1. The minimum absolute atomic E-state index is 0.00352. The summed E-state index contributed by atoms with van der Waals surface area (Å²) in [5.74, 6) is -0.202. The third kappa shape index (κ3) is 6.69. The predicted octanol–water partition coefficient (Wildman–Crippen LogP) is 4.21. The lowest BCUT2D eigenvalue weighted by Crippen LogP contribution is -2.48. The molecule has 0 spiro atoms. The number of ether oxygens (including phenoxy) is 2. The van der Waals surface area contributed by atoms with E-state index in [4.69, 9.17) is 9.47 Å². The van der Waals surface area contributed by atoms with Crippen LogP contribution in [-0.2, 0) is 9.53 Å². The fraction of sp³-hybridized carbons (Fsp3) is 0.483. The van der Waals surface area contributed by atoms with E-state index >= 15 is 0 Å². The van der Waals surface area contributed by atoms with Gasteiger partial charge in [0, 0.05) is 56.9 Å². The van der Waals surface area contributed by atoms with Crippen LogP contribution in [0.4, 0.5) is 10.1 Å². The van der Waals surface area contributed by atoms with Crippen molar-refractivity contribution in [1.82, 2.24) is 9.80 Å². The molecule has 4 rings (SSSR count). The van der Waals surface area contributed by atoms with Crippen molar-refractivity contribution in [3.8, 4) is 5.75 Å². The van der Waals surface area contributed by atoms with Gasteiger partial charge in [-0.3, -0.25) is 14.4 Å². The largest absolute Gasteiger partial charge is 0.491 e. The molecule has 0 radical (unpaired) electrons. The number of carbonyl (C=O) groups excluding carboxylic acids is 3. The maximum Gasteiger partial charge on any atom is 0.257 e. The Morgan fingerprint density at radius 2 is 1.82 bits per heavy atom. The second-order valence-electron chi connectivity index (χ2n) is 10.5. The molecule has 1 fully saturated rings. The van der Waals surface area contributed by atoms with Crippen molar-refractivity contribution in [2.45, 2.75) is 45.3 Å². The van der Waals surface area contributed by atoms with E-state index in [1.807, 2.05) is 18.7 Å². The van der Waals surface area contributed by atoms with Gasteiger partial charge in [-0.2, -0.15) is 0 Å². The molecule has 9 heteroatoms. The van der Waals surface area contributed by atoms with Crippen molar-refractivity contribution in [3.63, 3.8) is 0 Å². The lowest BCUT2D eigenvalue weighted by atomic mass is 10.0. The Kier molecular flexibility index (Phi) is 8.66. The highest BCUT2D eigenvalue weighted by Gasteiger charge is 2.33. The monoisotopic (exact) mass is 525 g/mol. The van der Waals surface area contributed by atoms with E-state index < -0.39 is 11.7 Å². The van der Waals surface area contributed by atoms with E-state index in [-0.39, 0.29) is 36.5 Å². The van der Waals surface area contributed by atoms with Crippen LogP contribution >= 0.6 is 0 Å². The summed E-state index contributed by atoms with van der Waals surface area (Å²) >= 11 is 0. The topological polar surface area (TPSA) is 88.2 Å². The molecule has 1 aliphatic heterocycles. The Labute approximate surface area is 223 Å². The predicted molar refractivity (Wildman–Crippen MR) is 142 cm³/mol. The van der Waals surface area contributed by atoms with Crippen LogP contribution in [-0.4, -0.2) is 73.5 Å². The summed E-state index contributed by atoms with van der Waals surface area (Å²) in [5.41, 5.74) is 1.07. The van der Waals surface area contributed by atoms with Gasteiger partial charge in [0.25, 0.3) is 11.8 Å². The number of nitrogens with one attached hydrogen (secondary N) is 1. The van der Waals surface area contributed by atoms with Crippen LogP contribution in [0.5, 0.6) is 5.75 Å². The average molecular weight is 526 g/mol. The third-order valence-electron chi connectivity index (χ3n) is 7.29. The number of amides is 3. The Bertz CT molecular complexity index is 1170. The van der Waals surface area contributed by atoms with E-state index in [9.17, 15) is 18.8 Å². The molecule has 1 saturated carbocycles. The van der Waals surface area contributed by atoms with Crippen LogP contribution in [0, 0.1) is 17.7 Å². The molecule has 1 heterocycles. The molecular weight excluding hydrogens is 489 g/mol. The molecule has 2 aromatic carbocycles. The number of halogens is 1. The number of methoxy groups -OCH3 is 1. The Balaban J connectivity index is 1.61. The van der Waals surface area contributed by atoms with Crippen molar-refractivity contribution in [2.24, 2.45) is 11.8 Å². The lowest BCUT2D eigenvalue weighted by Gasteiger charge is -2.36. The number of nitrogens with zero attached hydrogens (tertiary/aromatic N) is 2. The van der Waals surface area contributed by atoms with Gasteiger partial charge >= 0.3 is 0 Å². The van der Waals surface area contributed by atoms with Crippen molar-refractivity contribution in [3.05, 3.63) is 59.4 Å². The Morgan fingerprint density at radius 3 is 2.47 bits per heavy atom. The van der Waals surface area contributed by atoms with Gasteiger partial charge in [0.2, 0.25) is 5.91 Å². The molecule has 38 heavy (non-hydrogen) atoms. The quantitative estimate of drug-likeness (QED) is 0.632. The number of fused-ring (bicyclic) bond motifs is 1. The normalized spacial score (nSPS) is 22.6. The minimum atomic E-state index is -0.429. The standard InChI is InChI=1S/C29H36FN3O5/c1-18-15-33(27(34)13-20-5-6-20)19(2)17-38-25-14-23(31-28(35)21-7-9-22(30)10-8-21)11-12-24(25)29(36)32(3)16-26(18)37-4/h7-12,14,18-20,26H,5-6,13,15-17H2,1-4H3,(H,31,35)/t18-,19+,26-/m0/s1. The first-order chi connectivity index (χ1) is 18.2. The van der Waals surface area contributed by atoms with Crippen LogP contribution in [0.15, 0.2) is 42.5 Å². The van der Waals surface area contributed by atoms with Crippen molar-refractivity contribution < 1.29 is 28.2 Å². The highest BCUT2D eigenvalue weighted by atomic mass is 19.1. The average Bonchev–Trinajstić information content (AvgIpc) is 3.72. The van der Waals surface area contributed by atoms with E-state index in [0.717, 1.165) is 12.8 Å².